The smallest absolute Gasteiger partial charge is 0.265 e. The Labute approximate surface area is 155 Å². The molecule has 1 N–H and O–H groups in total. The average Bonchev–Trinajstić information content (AvgIpc) is 3.16. The highest BCUT2D eigenvalue weighted by atomic mass is 16.5. The number of aryl methyl sites for hydroxylation is 1. The lowest BCUT2D eigenvalue weighted by atomic mass is 10.1. The summed E-state index contributed by atoms with van der Waals surface area (Å²) in [5.41, 5.74) is 1.84. The number of nitrogens with one attached hydrogen (secondary N) is 1. The van der Waals surface area contributed by atoms with Crippen LogP contribution in [0, 0.1) is 0 Å². The zero-order chi connectivity index (χ0) is 18.4. The van der Waals surface area contributed by atoms with E-state index in [2.05, 4.69) is 12.2 Å². The molecule has 0 radical (unpaired) electrons. The molecular weight excluding hydrogens is 326 g/mol. The van der Waals surface area contributed by atoms with E-state index in [-0.39, 0.29) is 5.91 Å². The van der Waals surface area contributed by atoms with E-state index in [4.69, 9.17) is 9.47 Å². The molecule has 1 saturated carbocycles. The molecule has 138 valence electrons. The van der Waals surface area contributed by atoms with Gasteiger partial charge in [0.15, 0.2) is 6.10 Å². The number of ether oxygens (including phenoxy) is 2. The van der Waals surface area contributed by atoms with Gasteiger partial charge in [-0.15, -0.1) is 0 Å². The normalized spacial score (nSPS) is 15.5. The third kappa shape index (κ3) is 4.78. The van der Waals surface area contributed by atoms with Crippen LogP contribution < -0.4 is 14.8 Å². The number of amides is 1. The Morgan fingerprint density at radius 1 is 1.12 bits per heavy atom. The Balaban J connectivity index is 1.55. The maximum Gasteiger partial charge on any atom is 0.265 e. The van der Waals surface area contributed by atoms with Crippen molar-refractivity contribution < 1.29 is 14.3 Å². The second kappa shape index (κ2) is 8.75. The first kappa shape index (κ1) is 18.3. The predicted molar refractivity (Wildman–Crippen MR) is 104 cm³/mol. The number of para-hydroxylation sites is 1. The van der Waals surface area contributed by atoms with Crippen LogP contribution in [0.2, 0.25) is 0 Å². The summed E-state index contributed by atoms with van der Waals surface area (Å²) in [6.07, 6.45) is 5.39. The van der Waals surface area contributed by atoms with E-state index in [0.717, 1.165) is 42.0 Å². The van der Waals surface area contributed by atoms with Gasteiger partial charge in [-0.25, -0.2) is 0 Å². The van der Waals surface area contributed by atoms with Crippen molar-refractivity contribution in [2.45, 2.75) is 58.2 Å². The average molecular weight is 353 g/mol. The monoisotopic (exact) mass is 353 g/mol. The Morgan fingerprint density at radius 3 is 2.50 bits per heavy atom. The van der Waals surface area contributed by atoms with Crippen LogP contribution in [0.3, 0.4) is 0 Å². The van der Waals surface area contributed by atoms with Crippen LogP contribution in [0.15, 0.2) is 48.5 Å². The summed E-state index contributed by atoms with van der Waals surface area (Å²) in [6.45, 7) is 3.83. The minimum absolute atomic E-state index is 0.166. The summed E-state index contributed by atoms with van der Waals surface area (Å²) in [4.78, 5) is 12.4. The molecule has 0 heterocycles. The molecular formula is C22H27NO3. The van der Waals surface area contributed by atoms with Crippen LogP contribution >= 0.6 is 0 Å². The van der Waals surface area contributed by atoms with Crippen molar-refractivity contribution in [1.29, 1.82) is 0 Å². The molecule has 1 atom stereocenters. The molecule has 1 fully saturated rings. The fourth-order valence-electron chi connectivity index (χ4n) is 3.21. The predicted octanol–water partition coefficient (Wildman–Crippen LogP) is 4.98. The number of anilines is 1. The summed E-state index contributed by atoms with van der Waals surface area (Å²) in [6, 6.07) is 15.4. The Bertz CT molecular complexity index is 720. The molecule has 0 spiro atoms. The molecule has 0 aromatic heterocycles. The van der Waals surface area contributed by atoms with E-state index < -0.39 is 6.10 Å². The van der Waals surface area contributed by atoms with E-state index >= 15 is 0 Å². The van der Waals surface area contributed by atoms with Gasteiger partial charge in [-0.3, -0.25) is 4.79 Å². The van der Waals surface area contributed by atoms with Crippen molar-refractivity contribution in [3.05, 3.63) is 54.1 Å². The largest absolute Gasteiger partial charge is 0.490 e. The van der Waals surface area contributed by atoms with Crippen molar-refractivity contribution in [2.24, 2.45) is 0 Å². The molecule has 2 aromatic carbocycles. The number of benzene rings is 2. The van der Waals surface area contributed by atoms with E-state index in [1.54, 1.807) is 6.92 Å². The number of hydrogen-bond acceptors (Lipinski definition) is 3. The number of carbonyl (C=O) groups is 1. The lowest BCUT2D eigenvalue weighted by Crippen LogP contribution is -2.30. The van der Waals surface area contributed by atoms with Crippen LogP contribution in [0.25, 0.3) is 0 Å². The first-order valence-corrected chi connectivity index (χ1v) is 9.48. The van der Waals surface area contributed by atoms with Crippen molar-refractivity contribution in [1.82, 2.24) is 0 Å². The van der Waals surface area contributed by atoms with Gasteiger partial charge >= 0.3 is 0 Å². The molecule has 3 rings (SSSR count). The Hall–Kier alpha value is -2.49. The van der Waals surface area contributed by atoms with Crippen molar-refractivity contribution >= 4 is 11.6 Å². The van der Waals surface area contributed by atoms with Gasteiger partial charge in [0.1, 0.15) is 11.5 Å². The van der Waals surface area contributed by atoms with Crippen LogP contribution in [0.1, 0.15) is 45.1 Å². The molecule has 0 bridgehead atoms. The maximum absolute atomic E-state index is 12.4. The van der Waals surface area contributed by atoms with E-state index in [1.807, 2.05) is 48.5 Å². The molecule has 1 amide bonds. The quantitative estimate of drug-likeness (QED) is 0.764. The minimum atomic E-state index is -0.572. The molecule has 4 nitrogen and oxygen atoms in total. The fourth-order valence-corrected chi connectivity index (χ4v) is 3.21. The summed E-state index contributed by atoms with van der Waals surface area (Å²) < 4.78 is 11.8. The van der Waals surface area contributed by atoms with Gasteiger partial charge in [0.05, 0.1) is 6.10 Å². The topological polar surface area (TPSA) is 47.6 Å². The van der Waals surface area contributed by atoms with Crippen LogP contribution in [-0.2, 0) is 11.2 Å². The zero-order valence-corrected chi connectivity index (χ0v) is 15.5. The van der Waals surface area contributed by atoms with Gasteiger partial charge in [0, 0.05) is 5.69 Å². The lowest BCUT2D eigenvalue weighted by molar-refractivity contribution is -0.122. The van der Waals surface area contributed by atoms with Gasteiger partial charge in [-0.1, -0.05) is 25.1 Å². The molecule has 0 saturated heterocycles. The molecule has 2 aromatic rings. The molecule has 4 heteroatoms. The SMILES string of the molecule is CCc1ccccc1O[C@@H](C)C(=O)Nc1ccc(OC2CCCC2)cc1. The summed E-state index contributed by atoms with van der Waals surface area (Å²) in [5, 5.41) is 2.90. The Kier molecular flexibility index (Phi) is 6.16. The van der Waals surface area contributed by atoms with Crippen molar-refractivity contribution in [3.63, 3.8) is 0 Å². The zero-order valence-electron chi connectivity index (χ0n) is 15.5. The first-order valence-electron chi connectivity index (χ1n) is 9.48. The maximum atomic E-state index is 12.4. The first-order chi connectivity index (χ1) is 12.7. The van der Waals surface area contributed by atoms with Gasteiger partial charge < -0.3 is 14.8 Å². The molecule has 0 unspecified atom stereocenters. The van der Waals surface area contributed by atoms with Crippen LogP contribution in [0.5, 0.6) is 11.5 Å². The Morgan fingerprint density at radius 2 is 1.81 bits per heavy atom. The highest BCUT2D eigenvalue weighted by Crippen LogP contribution is 2.25. The summed E-state index contributed by atoms with van der Waals surface area (Å²) >= 11 is 0. The standard InChI is InChI=1S/C22H27NO3/c1-3-17-8-4-7-11-21(17)25-16(2)22(24)23-18-12-14-20(15-13-18)26-19-9-5-6-10-19/h4,7-8,11-16,19H,3,5-6,9-10H2,1-2H3,(H,23,24)/t16-/m0/s1. The van der Waals surface area contributed by atoms with Gasteiger partial charge in [0.2, 0.25) is 0 Å². The highest BCUT2D eigenvalue weighted by Gasteiger charge is 2.18. The molecule has 1 aliphatic carbocycles. The van der Waals surface area contributed by atoms with Crippen molar-refractivity contribution in [2.75, 3.05) is 5.32 Å². The molecule has 0 aliphatic heterocycles. The second-order valence-electron chi connectivity index (χ2n) is 6.76. The lowest BCUT2D eigenvalue weighted by Gasteiger charge is -2.17. The highest BCUT2D eigenvalue weighted by molar-refractivity contribution is 5.94. The van der Waals surface area contributed by atoms with E-state index in [9.17, 15) is 4.79 Å². The van der Waals surface area contributed by atoms with Gasteiger partial charge in [-0.05, 0) is 74.9 Å². The van der Waals surface area contributed by atoms with E-state index in [0.29, 0.717) is 6.10 Å². The summed E-state index contributed by atoms with van der Waals surface area (Å²) in [5.74, 6) is 1.45. The number of carbonyl (C=O) groups excluding carboxylic acids is 1. The van der Waals surface area contributed by atoms with Crippen molar-refractivity contribution in [3.8, 4) is 11.5 Å². The fraction of sp³-hybridized carbons (Fsp3) is 0.409. The van der Waals surface area contributed by atoms with Crippen LogP contribution in [-0.4, -0.2) is 18.1 Å². The molecule has 26 heavy (non-hydrogen) atoms. The summed E-state index contributed by atoms with van der Waals surface area (Å²) in [7, 11) is 0. The minimum Gasteiger partial charge on any atom is -0.490 e. The third-order valence-electron chi connectivity index (χ3n) is 4.75. The van der Waals surface area contributed by atoms with E-state index in [1.165, 1.54) is 12.8 Å². The molecule has 1 aliphatic rings. The van der Waals surface area contributed by atoms with Crippen LogP contribution in [0.4, 0.5) is 5.69 Å². The van der Waals surface area contributed by atoms with Gasteiger partial charge in [-0.2, -0.15) is 0 Å². The second-order valence-corrected chi connectivity index (χ2v) is 6.76. The number of hydrogen-bond donors (Lipinski definition) is 1. The number of rotatable bonds is 7. The third-order valence-corrected chi connectivity index (χ3v) is 4.75. The van der Waals surface area contributed by atoms with Gasteiger partial charge in [0.25, 0.3) is 5.91 Å².